The molecule has 1 heterocycles. The highest BCUT2D eigenvalue weighted by molar-refractivity contribution is 5.96. The van der Waals surface area contributed by atoms with E-state index in [-0.39, 0.29) is 19.3 Å². The Kier molecular flexibility index (Phi) is 13.1. The number of fused-ring (bicyclic) bond motifs is 1. The van der Waals surface area contributed by atoms with Crippen LogP contribution in [0.2, 0.25) is 0 Å². The summed E-state index contributed by atoms with van der Waals surface area (Å²) < 4.78 is 0. The molecule has 0 bridgehead atoms. The summed E-state index contributed by atoms with van der Waals surface area (Å²) in [4.78, 5) is 67.8. The van der Waals surface area contributed by atoms with Crippen LogP contribution in [-0.2, 0) is 36.8 Å². The largest absolute Gasteiger partial charge is 0.391 e. The molecule has 0 spiro atoms. The lowest BCUT2D eigenvalue weighted by Gasteiger charge is -2.27. The smallest absolute Gasteiger partial charge is 0.243 e. The van der Waals surface area contributed by atoms with Gasteiger partial charge >= 0.3 is 0 Å². The topological polar surface area (TPSA) is 222 Å². The minimum absolute atomic E-state index is 0.0639. The Hall–Kier alpha value is -4.75. The van der Waals surface area contributed by atoms with Gasteiger partial charge in [-0.05, 0) is 49.9 Å². The normalized spacial score (nSPS) is 14.4. The molecule has 0 fully saturated rings. The van der Waals surface area contributed by atoms with E-state index in [1.807, 2.05) is 54.6 Å². The van der Waals surface area contributed by atoms with Gasteiger partial charge in [0.15, 0.2) is 0 Å². The maximum atomic E-state index is 13.9. The highest BCUT2D eigenvalue weighted by atomic mass is 16.3. The third-order valence-corrected chi connectivity index (χ3v) is 7.38. The van der Waals surface area contributed by atoms with Crippen molar-refractivity contribution < 1.29 is 29.1 Å². The molecule has 13 nitrogen and oxygen atoms in total. The second-order valence-electron chi connectivity index (χ2n) is 11.0. The van der Waals surface area contributed by atoms with Crippen LogP contribution >= 0.6 is 0 Å². The Labute approximate surface area is 261 Å². The van der Waals surface area contributed by atoms with E-state index in [0.717, 1.165) is 22.0 Å². The summed E-state index contributed by atoms with van der Waals surface area (Å²) in [5, 5.41) is 21.4. The van der Waals surface area contributed by atoms with Crippen LogP contribution < -0.4 is 32.7 Å². The maximum absolute atomic E-state index is 13.9. The molecule has 0 radical (unpaired) electrons. The average Bonchev–Trinajstić information content (AvgIpc) is 3.41. The molecule has 0 saturated carbocycles. The molecule has 10 N–H and O–H groups in total. The van der Waals surface area contributed by atoms with E-state index in [1.54, 1.807) is 6.20 Å². The third-order valence-electron chi connectivity index (χ3n) is 7.38. The highest BCUT2D eigenvalue weighted by Gasteiger charge is 2.32. The predicted molar refractivity (Wildman–Crippen MR) is 169 cm³/mol. The van der Waals surface area contributed by atoms with Crippen LogP contribution in [0.25, 0.3) is 10.9 Å². The summed E-state index contributed by atoms with van der Waals surface area (Å²) in [6.45, 7) is 2.98. The first-order valence-electron chi connectivity index (χ1n) is 14.9. The van der Waals surface area contributed by atoms with Crippen molar-refractivity contribution in [1.29, 1.82) is 0 Å². The number of carbonyl (C=O) groups excluding carboxylic acids is 5. The number of rotatable bonds is 17. The second kappa shape index (κ2) is 16.9. The van der Waals surface area contributed by atoms with Crippen LogP contribution in [0.4, 0.5) is 0 Å². The summed E-state index contributed by atoms with van der Waals surface area (Å²) in [5.41, 5.74) is 13.4. The third kappa shape index (κ3) is 10.4. The Morgan fingerprint density at radius 3 is 2.02 bits per heavy atom. The van der Waals surface area contributed by atoms with Crippen LogP contribution in [0.3, 0.4) is 0 Å². The zero-order valence-corrected chi connectivity index (χ0v) is 25.5. The van der Waals surface area contributed by atoms with Gasteiger partial charge in [-0.15, -0.1) is 0 Å². The monoisotopic (exact) mass is 621 g/mol. The number of aromatic nitrogens is 1. The molecule has 0 saturated heterocycles. The fourth-order valence-corrected chi connectivity index (χ4v) is 5.02. The molecule has 242 valence electrons. The molecule has 3 aromatic rings. The highest BCUT2D eigenvalue weighted by Crippen LogP contribution is 2.19. The molecular formula is C32H43N7O6. The summed E-state index contributed by atoms with van der Waals surface area (Å²) in [6, 6.07) is 12.0. The van der Waals surface area contributed by atoms with E-state index >= 15 is 0 Å². The van der Waals surface area contributed by atoms with E-state index < -0.39 is 59.8 Å². The molecule has 5 amide bonds. The van der Waals surface area contributed by atoms with Crippen molar-refractivity contribution in [3.05, 3.63) is 71.9 Å². The van der Waals surface area contributed by atoms with Crippen LogP contribution in [0.15, 0.2) is 60.8 Å². The molecule has 13 heteroatoms. The SMILES string of the molecule is CC(=O)N[C@@H](Cc1ccccc1)C(=O)N[C@@H](Cc1c[nH]c2ccccc12)C(=O)N[C@@H](CCCCN)C(=O)N[C@H](C(N)=O)[C@@H](C)O. The summed E-state index contributed by atoms with van der Waals surface area (Å²) in [6.07, 6.45) is 1.96. The molecule has 0 aliphatic carbocycles. The molecule has 1 aromatic heterocycles. The molecule has 0 aliphatic heterocycles. The first-order valence-corrected chi connectivity index (χ1v) is 14.9. The number of H-pyrrole nitrogens is 1. The number of nitrogens with two attached hydrogens (primary N) is 2. The number of para-hydroxylation sites is 1. The number of amides is 5. The standard InChI is InChI=1S/C32H43N7O6/c1-19(40)28(29(34)42)39-30(43)25(14-8-9-15-33)37-32(45)27(17-22-18-35-24-13-7-6-12-23(22)24)38-31(44)26(36-20(2)41)16-21-10-4-3-5-11-21/h3-7,10-13,18-19,25-28,35,40H,8-9,14-17,33H2,1-2H3,(H2,34,42)(H,36,41)(H,37,45)(H,38,44)(H,39,43)/t19-,25+,26+,27+,28+/m1/s1. The van der Waals surface area contributed by atoms with E-state index in [2.05, 4.69) is 26.3 Å². The van der Waals surface area contributed by atoms with Crippen molar-refractivity contribution in [2.75, 3.05) is 6.54 Å². The average molecular weight is 622 g/mol. The minimum Gasteiger partial charge on any atom is -0.391 e. The number of unbranched alkanes of at least 4 members (excludes halogenated alkanes) is 1. The number of aliphatic hydroxyl groups excluding tert-OH is 1. The lowest BCUT2D eigenvalue weighted by atomic mass is 10.0. The summed E-state index contributed by atoms with van der Waals surface area (Å²) >= 11 is 0. The fourth-order valence-electron chi connectivity index (χ4n) is 5.02. The predicted octanol–water partition coefficient (Wildman–Crippen LogP) is -0.0927. The number of aromatic amines is 1. The van der Waals surface area contributed by atoms with E-state index in [4.69, 9.17) is 11.5 Å². The zero-order chi connectivity index (χ0) is 32.9. The van der Waals surface area contributed by atoms with Gasteiger partial charge in [-0.1, -0.05) is 48.5 Å². The van der Waals surface area contributed by atoms with Crippen molar-refractivity contribution in [1.82, 2.24) is 26.3 Å². The first-order chi connectivity index (χ1) is 21.5. The molecular weight excluding hydrogens is 578 g/mol. The summed E-state index contributed by atoms with van der Waals surface area (Å²) in [5.74, 6) is -3.31. The Morgan fingerprint density at radius 1 is 0.800 bits per heavy atom. The Morgan fingerprint density at radius 2 is 1.40 bits per heavy atom. The minimum atomic E-state index is -1.37. The number of nitrogens with one attached hydrogen (secondary N) is 5. The van der Waals surface area contributed by atoms with Crippen molar-refractivity contribution in [2.24, 2.45) is 11.5 Å². The number of hydrogen-bond donors (Lipinski definition) is 8. The second-order valence-corrected chi connectivity index (χ2v) is 11.0. The molecule has 5 atom stereocenters. The van der Waals surface area contributed by atoms with Gasteiger partial charge in [-0.2, -0.15) is 0 Å². The van der Waals surface area contributed by atoms with Crippen molar-refractivity contribution in [2.45, 2.75) is 76.2 Å². The molecule has 0 unspecified atom stereocenters. The molecule has 3 rings (SSSR count). The number of aliphatic hydroxyl groups is 1. The van der Waals surface area contributed by atoms with Crippen molar-refractivity contribution in [3.8, 4) is 0 Å². The maximum Gasteiger partial charge on any atom is 0.243 e. The van der Waals surface area contributed by atoms with Crippen LogP contribution in [0.5, 0.6) is 0 Å². The quantitative estimate of drug-likeness (QED) is 0.0956. The van der Waals surface area contributed by atoms with Gasteiger partial charge in [-0.3, -0.25) is 24.0 Å². The number of carbonyl (C=O) groups is 5. The number of benzene rings is 2. The van der Waals surface area contributed by atoms with E-state index in [9.17, 15) is 29.1 Å². The zero-order valence-electron chi connectivity index (χ0n) is 25.5. The van der Waals surface area contributed by atoms with Gasteiger partial charge in [0.2, 0.25) is 29.5 Å². The fraction of sp³-hybridized carbons (Fsp3) is 0.406. The molecule has 2 aromatic carbocycles. The van der Waals surface area contributed by atoms with E-state index in [0.29, 0.717) is 19.4 Å². The lowest BCUT2D eigenvalue weighted by molar-refractivity contribution is -0.135. The van der Waals surface area contributed by atoms with Gasteiger partial charge < -0.3 is 42.8 Å². The van der Waals surface area contributed by atoms with Gasteiger partial charge in [0.05, 0.1) is 6.10 Å². The van der Waals surface area contributed by atoms with Crippen LogP contribution in [0.1, 0.15) is 44.2 Å². The Bertz CT molecular complexity index is 1460. The molecule has 45 heavy (non-hydrogen) atoms. The Balaban J connectivity index is 1.90. The van der Waals surface area contributed by atoms with Gasteiger partial charge in [0.1, 0.15) is 24.2 Å². The van der Waals surface area contributed by atoms with E-state index in [1.165, 1.54) is 13.8 Å². The first kappa shape index (κ1) is 34.7. The number of hydrogen-bond acceptors (Lipinski definition) is 7. The molecule has 0 aliphatic rings. The van der Waals surface area contributed by atoms with Crippen LogP contribution in [-0.4, -0.2) is 76.4 Å². The van der Waals surface area contributed by atoms with Crippen molar-refractivity contribution >= 4 is 40.4 Å². The van der Waals surface area contributed by atoms with Gasteiger partial charge in [0.25, 0.3) is 0 Å². The van der Waals surface area contributed by atoms with Crippen LogP contribution in [0, 0.1) is 0 Å². The lowest BCUT2D eigenvalue weighted by Crippen LogP contribution is -2.59. The van der Waals surface area contributed by atoms with Crippen molar-refractivity contribution in [3.63, 3.8) is 0 Å². The summed E-state index contributed by atoms with van der Waals surface area (Å²) in [7, 11) is 0. The number of primary amides is 1. The van der Waals surface area contributed by atoms with Gasteiger partial charge in [-0.25, -0.2) is 0 Å². The van der Waals surface area contributed by atoms with Gasteiger partial charge in [0, 0.05) is 36.9 Å².